The van der Waals surface area contributed by atoms with Crippen molar-refractivity contribution in [1.29, 1.82) is 0 Å². The van der Waals surface area contributed by atoms with Gasteiger partial charge in [0.2, 0.25) is 5.88 Å². The van der Waals surface area contributed by atoms with Crippen LogP contribution in [-0.2, 0) is 0 Å². The van der Waals surface area contributed by atoms with E-state index in [-0.39, 0.29) is 6.10 Å². The highest BCUT2D eigenvalue weighted by Crippen LogP contribution is 2.27. The fourth-order valence-corrected chi connectivity index (χ4v) is 2.91. The highest BCUT2D eigenvalue weighted by Gasteiger charge is 2.22. The monoisotopic (exact) mass is 292 g/mol. The quantitative estimate of drug-likeness (QED) is 0.837. The summed E-state index contributed by atoms with van der Waals surface area (Å²) in [5.74, 6) is 1.53. The Morgan fingerprint density at radius 1 is 1.29 bits per heavy atom. The minimum absolute atomic E-state index is 0.113. The Morgan fingerprint density at radius 2 is 2.05 bits per heavy atom. The third kappa shape index (κ3) is 4.84. The van der Waals surface area contributed by atoms with Crippen molar-refractivity contribution in [3.8, 4) is 5.88 Å². The van der Waals surface area contributed by atoms with E-state index in [9.17, 15) is 0 Å². The molecule has 0 unspecified atom stereocenters. The highest BCUT2D eigenvalue weighted by atomic mass is 16.5. The van der Waals surface area contributed by atoms with E-state index in [0.717, 1.165) is 18.8 Å². The van der Waals surface area contributed by atoms with Crippen molar-refractivity contribution in [3.63, 3.8) is 0 Å². The highest BCUT2D eigenvalue weighted by molar-refractivity contribution is 5.39. The summed E-state index contributed by atoms with van der Waals surface area (Å²) < 4.78 is 5.67. The van der Waals surface area contributed by atoms with Crippen LogP contribution < -0.4 is 15.4 Å². The maximum absolute atomic E-state index is 5.69. The molecule has 0 aromatic carbocycles. The zero-order valence-corrected chi connectivity index (χ0v) is 13.3. The van der Waals surface area contributed by atoms with Crippen LogP contribution in [0.25, 0.3) is 0 Å². The van der Waals surface area contributed by atoms with E-state index in [2.05, 4.69) is 14.9 Å². The van der Waals surface area contributed by atoms with Gasteiger partial charge in [-0.15, -0.1) is 0 Å². The summed E-state index contributed by atoms with van der Waals surface area (Å²) in [5, 5.41) is 0. The van der Waals surface area contributed by atoms with Crippen LogP contribution in [0.2, 0.25) is 0 Å². The number of aromatic nitrogens is 2. The van der Waals surface area contributed by atoms with E-state index in [4.69, 9.17) is 10.5 Å². The number of ether oxygens (including phenoxy) is 1. The molecule has 1 aromatic heterocycles. The summed E-state index contributed by atoms with van der Waals surface area (Å²) in [6, 6.07) is 0.564. The largest absolute Gasteiger partial charge is 0.474 e. The lowest BCUT2D eigenvalue weighted by molar-refractivity contribution is 0.231. The van der Waals surface area contributed by atoms with E-state index in [0.29, 0.717) is 18.5 Å². The van der Waals surface area contributed by atoms with Crippen LogP contribution in [0, 0.1) is 0 Å². The summed E-state index contributed by atoms with van der Waals surface area (Å²) in [4.78, 5) is 11.3. The lowest BCUT2D eigenvalue weighted by atomic mass is 9.94. The van der Waals surface area contributed by atoms with Gasteiger partial charge < -0.3 is 15.4 Å². The number of hydrogen-bond acceptors (Lipinski definition) is 5. The fourth-order valence-electron chi connectivity index (χ4n) is 2.91. The molecule has 0 spiro atoms. The smallest absolute Gasteiger partial charge is 0.234 e. The van der Waals surface area contributed by atoms with Gasteiger partial charge in [-0.1, -0.05) is 19.3 Å². The molecule has 2 rings (SSSR count). The Bertz CT molecular complexity index is 418. The Labute approximate surface area is 127 Å². The number of rotatable bonds is 7. The van der Waals surface area contributed by atoms with Crippen LogP contribution in [0.1, 0.15) is 52.4 Å². The molecule has 1 saturated carbocycles. The maximum atomic E-state index is 5.69. The van der Waals surface area contributed by atoms with Crippen LogP contribution in [0.4, 0.5) is 5.82 Å². The molecule has 21 heavy (non-hydrogen) atoms. The lowest BCUT2D eigenvalue weighted by Crippen LogP contribution is -2.39. The van der Waals surface area contributed by atoms with Crippen LogP contribution in [0.15, 0.2) is 12.4 Å². The molecule has 1 aliphatic rings. The van der Waals surface area contributed by atoms with Gasteiger partial charge in [0, 0.05) is 12.6 Å². The van der Waals surface area contributed by atoms with Crippen molar-refractivity contribution in [2.75, 3.05) is 18.0 Å². The van der Waals surface area contributed by atoms with E-state index in [1.165, 1.54) is 32.1 Å². The molecule has 0 aliphatic heterocycles. The zero-order valence-electron chi connectivity index (χ0n) is 13.3. The van der Waals surface area contributed by atoms with Gasteiger partial charge in [-0.2, -0.15) is 4.98 Å². The molecule has 1 aromatic rings. The Morgan fingerprint density at radius 3 is 2.71 bits per heavy atom. The molecule has 5 nitrogen and oxygen atoms in total. The van der Waals surface area contributed by atoms with E-state index >= 15 is 0 Å². The van der Waals surface area contributed by atoms with Crippen LogP contribution in [-0.4, -0.2) is 35.2 Å². The second-order valence-electron chi connectivity index (χ2n) is 6.01. The first-order valence-electron chi connectivity index (χ1n) is 8.16. The Hall–Kier alpha value is -1.36. The summed E-state index contributed by atoms with van der Waals surface area (Å²) >= 11 is 0. The molecule has 0 bridgehead atoms. The first kappa shape index (κ1) is 16.0. The van der Waals surface area contributed by atoms with Gasteiger partial charge in [0.05, 0.1) is 18.5 Å². The summed E-state index contributed by atoms with van der Waals surface area (Å²) in [7, 11) is 0. The van der Waals surface area contributed by atoms with Crippen LogP contribution in [0.5, 0.6) is 5.88 Å². The average molecular weight is 292 g/mol. The molecule has 0 amide bonds. The summed E-state index contributed by atoms with van der Waals surface area (Å²) in [5.41, 5.74) is 5.69. The number of anilines is 1. The molecule has 5 heteroatoms. The third-order valence-electron chi connectivity index (χ3n) is 3.87. The summed E-state index contributed by atoms with van der Waals surface area (Å²) in [6.45, 7) is 5.66. The maximum Gasteiger partial charge on any atom is 0.234 e. The van der Waals surface area contributed by atoms with Crippen LogP contribution >= 0.6 is 0 Å². The predicted molar refractivity (Wildman–Crippen MR) is 85.7 cm³/mol. The standard InChI is InChI=1S/C16H28N4O/c1-13(2)21-16-12-18-11-15(19-16)20(10-6-9-17)14-7-4-3-5-8-14/h11-14H,3-10,17H2,1-2H3. The third-order valence-corrected chi connectivity index (χ3v) is 3.87. The van der Waals surface area contributed by atoms with Gasteiger partial charge >= 0.3 is 0 Å². The Kier molecular flexibility index (Phi) is 6.23. The fraction of sp³-hybridized carbons (Fsp3) is 0.750. The van der Waals surface area contributed by atoms with Crippen molar-refractivity contribution in [2.45, 2.75) is 64.5 Å². The van der Waals surface area contributed by atoms with Crippen LogP contribution in [0.3, 0.4) is 0 Å². The van der Waals surface area contributed by atoms with E-state index in [1.54, 1.807) is 6.20 Å². The molecular formula is C16H28N4O. The average Bonchev–Trinajstić information content (AvgIpc) is 2.48. The second-order valence-corrected chi connectivity index (χ2v) is 6.01. The molecule has 118 valence electrons. The second kappa shape index (κ2) is 8.17. The summed E-state index contributed by atoms with van der Waals surface area (Å²) in [6.07, 6.45) is 11.1. The molecule has 2 N–H and O–H groups in total. The number of hydrogen-bond donors (Lipinski definition) is 1. The van der Waals surface area contributed by atoms with E-state index in [1.807, 2.05) is 20.0 Å². The van der Waals surface area contributed by atoms with Gasteiger partial charge in [0.1, 0.15) is 0 Å². The molecule has 1 aliphatic carbocycles. The molecule has 0 atom stereocenters. The normalized spacial score (nSPS) is 16.2. The molecule has 1 heterocycles. The molecule has 1 fully saturated rings. The van der Waals surface area contributed by atoms with Gasteiger partial charge in [-0.05, 0) is 39.7 Å². The SMILES string of the molecule is CC(C)Oc1cncc(N(CCCN)C2CCCCC2)n1. The minimum Gasteiger partial charge on any atom is -0.474 e. The Balaban J connectivity index is 2.14. The van der Waals surface area contributed by atoms with E-state index < -0.39 is 0 Å². The zero-order chi connectivity index (χ0) is 15.1. The topological polar surface area (TPSA) is 64.3 Å². The van der Waals surface area contributed by atoms with Gasteiger partial charge in [-0.25, -0.2) is 0 Å². The first-order valence-corrected chi connectivity index (χ1v) is 8.16. The molecular weight excluding hydrogens is 264 g/mol. The van der Waals surface area contributed by atoms with Crippen molar-refractivity contribution in [2.24, 2.45) is 5.73 Å². The van der Waals surface area contributed by atoms with Gasteiger partial charge in [-0.3, -0.25) is 4.98 Å². The van der Waals surface area contributed by atoms with Crippen molar-refractivity contribution in [1.82, 2.24) is 9.97 Å². The minimum atomic E-state index is 0.113. The van der Waals surface area contributed by atoms with Crippen molar-refractivity contribution < 1.29 is 4.74 Å². The van der Waals surface area contributed by atoms with Gasteiger partial charge in [0.15, 0.2) is 5.82 Å². The number of nitrogens with two attached hydrogens (primary N) is 1. The number of nitrogens with zero attached hydrogens (tertiary/aromatic N) is 3. The van der Waals surface area contributed by atoms with Crippen molar-refractivity contribution in [3.05, 3.63) is 12.4 Å². The molecule has 0 saturated heterocycles. The molecule has 0 radical (unpaired) electrons. The van der Waals surface area contributed by atoms with Crippen molar-refractivity contribution >= 4 is 5.82 Å². The lowest BCUT2D eigenvalue weighted by Gasteiger charge is -2.35. The first-order chi connectivity index (χ1) is 10.2. The van der Waals surface area contributed by atoms with Gasteiger partial charge in [0.25, 0.3) is 0 Å². The predicted octanol–water partition coefficient (Wildman–Crippen LogP) is 2.75.